The molecular weight excluding hydrogens is 493 g/mol. The molecule has 1 fully saturated rings. The molecule has 0 unspecified atom stereocenters. The van der Waals surface area contributed by atoms with Crippen LogP contribution in [0.15, 0.2) is 65.6 Å². The van der Waals surface area contributed by atoms with E-state index in [2.05, 4.69) is 0 Å². The van der Waals surface area contributed by atoms with Crippen molar-refractivity contribution >= 4 is 10.0 Å². The highest BCUT2D eigenvalue weighted by molar-refractivity contribution is 7.89. The van der Waals surface area contributed by atoms with Crippen molar-refractivity contribution in [3.8, 4) is 11.5 Å². The smallest absolute Gasteiger partial charge is 0.305 e. The summed E-state index contributed by atoms with van der Waals surface area (Å²) in [6.07, 6.45) is -1.34. The molecule has 0 spiro atoms. The maximum atomic E-state index is 15.0. The average molecular weight is 511 g/mol. The molecule has 5 rings (SSSR count). The van der Waals surface area contributed by atoms with Gasteiger partial charge in [-0.3, -0.25) is 0 Å². The Kier molecular flexibility index (Phi) is 5.52. The summed E-state index contributed by atoms with van der Waals surface area (Å²) >= 11 is 0. The van der Waals surface area contributed by atoms with E-state index >= 15 is 4.39 Å². The lowest BCUT2D eigenvalue weighted by molar-refractivity contribution is -0.0461. The van der Waals surface area contributed by atoms with Crippen LogP contribution in [0.1, 0.15) is 24.0 Å². The first kappa shape index (κ1) is 23.6. The van der Waals surface area contributed by atoms with Crippen molar-refractivity contribution in [1.82, 2.24) is 4.31 Å². The number of fused-ring (bicyclic) bond motifs is 1. The monoisotopic (exact) mass is 511 g/mol. The van der Waals surface area contributed by atoms with Gasteiger partial charge in [0.2, 0.25) is 10.0 Å². The number of alkyl halides is 2. The van der Waals surface area contributed by atoms with Crippen molar-refractivity contribution in [1.29, 1.82) is 0 Å². The van der Waals surface area contributed by atoms with Gasteiger partial charge in [0.15, 0.2) is 11.5 Å². The Labute approximate surface area is 197 Å². The number of nitrogens with zero attached hydrogens (tertiary/aromatic N) is 1. The largest absolute Gasteiger partial charge is 0.440 e. The second-order valence-electron chi connectivity index (χ2n) is 8.32. The van der Waals surface area contributed by atoms with Gasteiger partial charge >= 0.3 is 5.79 Å². The van der Waals surface area contributed by atoms with Crippen LogP contribution in [-0.4, -0.2) is 31.7 Å². The molecule has 0 amide bonds. The number of hydrogen-bond donors (Lipinski definition) is 0. The summed E-state index contributed by atoms with van der Waals surface area (Å²) in [7, 11) is -4.45. The van der Waals surface area contributed by atoms with Gasteiger partial charge in [0.25, 0.3) is 5.92 Å². The van der Waals surface area contributed by atoms with Crippen molar-refractivity contribution in [3.63, 3.8) is 0 Å². The predicted molar refractivity (Wildman–Crippen MR) is 114 cm³/mol. The molecule has 0 saturated carbocycles. The van der Waals surface area contributed by atoms with Crippen LogP contribution in [0.5, 0.6) is 11.5 Å². The Morgan fingerprint density at radius 3 is 1.69 bits per heavy atom. The molecule has 0 radical (unpaired) electrons. The van der Waals surface area contributed by atoms with Crippen molar-refractivity contribution < 1.29 is 39.8 Å². The van der Waals surface area contributed by atoms with Crippen LogP contribution in [0.2, 0.25) is 0 Å². The fraction of sp³-hybridized carbons (Fsp3) is 0.250. The van der Waals surface area contributed by atoms with Crippen LogP contribution in [0.4, 0.5) is 22.0 Å². The molecule has 184 valence electrons. The maximum Gasteiger partial charge on any atom is 0.305 e. The highest BCUT2D eigenvalue weighted by Crippen LogP contribution is 2.49. The molecule has 0 N–H and O–H groups in total. The molecule has 2 aliphatic heterocycles. The molecule has 5 nitrogen and oxygen atoms in total. The van der Waals surface area contributed by atoms with Gasteiger partial charge in [-0.15, -0.1) is 0 Å². The molecule has 3 aromatic rings. The molecule has 2 heterocycles. The lowest BCUT2D eigenvalue weighted by Gasteiger charge is -2.31. The lowest BCUT2D eigenvalue weighted by Crippen LogP contribution is -2.42. The molecule has 1 saturated heterocycles. The number of piperidine rings is 1. The van der Waals surface area contributed by atoms with Gasteiger partial charge in [-0.25, -0.2) is 30.4 Å². The Bertz CT molecular complexity index is 1320. The summed E-state index contributed by atoms with van der Waals surface area (Å²) in [5.41, 5.74) is 0.564. The number of ether oxygens (including phenoxy) is 2. The zero-order valence-corrected chi connectivity index (χ0v) is 18.8. The standard InChI is InChI=1S/C24H18F5NO4S/c25-17-5-1-15(2-6-17)24(16-3-7-18(26)8-4-16)33-20-13-19(27)22(14-21(20)34-24)35(31,32)30-11-9-23(28,29)10-12-30/h1-8,13-14H,9-12H2. The van der Waals surface area contributed by atoms with Gasteiger partial charge in [0.05, 0.1) is 0 Å². The van der Waals surface area contributed by atoms with E-state index in [1.54, 1.807) is 0 Å². The van der Waals surface area contributed by atoms with Crippen molar-refractivity contribution in [2.75, 3.05) is 13.1 Å². The van der Waals surface area contributed by atoms with Crippen molar-refractivity contribution in [2.45, 2.75) is 29.4 Å². The van der Waals surface area contributed by atoms with Gasteiger partial charge in [-0.2, -0.15) is 4.31 Å². The first-order valence-electron chi connectivity index (χ1n) is 10.6. The lowest BCUT2D eigenvalue weighted by atomic mass is 9.97. The minimum atomic E-state index is -4.45. The third kappa shape index (κ3) is 4.12. The quantitative estimate of drug-likeness (QED) is 0.452. The molecule has 11 heteroatoms. The summed E-state index contributed by atoms with van der Waals surface area (Å²) in [6, 6.07) is 11.8. The summed E-state index contributed by atoms with van der Waals surface area (Å²) < 4.78 is 108. The SMILES string of the molecule is O=S(=O)(c1cc2c(cc1F)OC(c1ccc(F)cc1)(c1ccc(F)cc1)O2)N1CCC(F)(F)CC1. The van der Waals surface area contributed by atoms with Gasteiger partial charge in [0.1, 0.15) is 22.3 Å². The van der Waals surface area contributed by atoms with E-state index < -0.39 is 70.0 Å². The number of benzene rings is 3. The Morgan fingerprint density at radius 1 is 0.743 bits per heavy atom. The Morgan fingerprint density at radius 2 is 1.20 bits per heavy atom. The van der Waals surface area contributed by atoms with E-state index in [0.717, 1.165) is 40.7 Å². The Hall–Kier alpha value is -3.18. The molecule has 0 atom stereocenters. The fourth-order valence-corrected chi connectivity index (χ4v) is 5.64. The molecule has 0 aromatic heterocycles. The van der Waals surface area contributed by atoms with Crippen LogP contribution in [0, 0.1) is 17.5 Å². The molecule has 35 heavy (non-hydrogen) atoms. The zero-order chi connectivity index (χ0) is 25.0. The van der Waals surface area contributed by atoms with Crippen LogP contribution in [-0.2, 0) is 15.8 Å². The van der Waals surface area contributed by atoms with Crippen LogP contribution >= 0.6 is 0 Å². The van der Waals surface area contributed by atoms with Crippen molar-refractivity contribution in [2.24, 2.45) is 0 Å². The summed E-state index contributed by atoms with van der Waals surface area (Å²) in [6.45, 7) is -0.920. The topological polar surface area (TPSA) is 55.8 Å². The maximum absolute atomic E-state index is 15.0. The van der Waals surface area contributed by atoms with E-state index in [1.165, 1.54) is 24.3 Å². The number of rotatable bonds is 4. The third-order valence-electron chi connectivity index (χ3n) is 6.03. The molecule has 2 aliphatic rings. The van der Waals surface area contributed by atoms with Crippen LogP contribution in [0.25, 0.3) is 0 Å². The first-order valence-corrected chi connectivity index (χ1v) is 12.1. The van der Waals surface area contributed by atoms with E-state index in [9.17, 15) is 26.0 Å². The number of hydrogen-bond acceptors (Lipinski definition) is 4. The van der Waals surface area contributed by atoms with E-state index in [0.29, 0.717) is 0 Å². The van der Waals surface area contributed by atoms with Gasteiger partial charge in [-0.05, 0) is 48.5 Å². The first-order chi connectivity index (χ1) is 16.5. The molecular formula is C24H18F5NO4S. The number of sulfonamides is 1. The fourth-order valence-electron chi connectivity index (χ4n) is 4.14. The third-order valence-corrected chi connectivity index (χ3v) is 7.94. The van der Waals surface area contributed by atoms with Gasteiger partial charge in [0, 0.05) is 49.2 Å². The Balaban J connectivity index is 1.56. The molecule has 0 aliphatic carbocycles. The normalized spacial score (nSPS) is 19.0. The van der Waals surface area contributed by atoms with E-state index in [-0.39, 0.29) is 22.6 Å². The summed E-state index contributed by atoms with van der Waals surface area (Å²) in [4.78, 5) is -0.751. The second kappa shape index (κ2) is 8.20. The summed E-state index contributed by atoms with van der Waals surface area (Å²) in [5.74, 6) is -7.27. The molecule has 3 aromatic carbocycles. The van der Waals surface area contributed by atoms with Gasteiger partial charge in [-0.1, -0.05) is 0 Å². The van der Waals surface area contributed by atoms with Crippen molar-refractivity contribution in [3.05, 3.63) is 89.2 Å². The van der Waals surface area contributed by atoms with Crippen LogP contribution < -0.4 is 9.47 Å². The van der Waals surface area contributed by atoms with Gasteiger partial charge < -0.3 is 9.47 Å². The van der Waals surface area contributed by atoms with E-state index in [4.69, 9.17) is 9.47 Å². The van der Waals surface area contributed by atoms with E-state index in [1.807, 2.05) is 0 Å². The molecule has 0 bridgehead atoms. The van der Waals surface area contributed by atoms with Crippen LogP contribution in [0.3, 0.4) is 0 Å². The predicted octanol–water partition coefficient (Wildman–Crippen LogP) is 5.20. The minimum Gasteiger partial charge on any atom is -0.440 e. The number of halogens is 5. The second-order valence-corrected chi connectivity index (χ2v) is 10.2. The highest BCUT2D eigenvalue weighted by atomic mass is 32.2. The summed E-state index contributed by atoms with van der Waals surface area (Å²) in [5, 5.41) is 0. The highest BCUT2D eigenvalue weighted by Gasteiger charge is 2.47. The average Bonchev–Trinajstić information content (AvgIpc) is 3.18. The minimum absolute atomic E-state index is 0.138. The zero-order valence-electron chi connectivity index (χ0n) is 18.0.